The predicted octanol–water partition coefficient (Wildman–Crippen LogP) is 1.20. The number of hydrogen-bond donors (Lipinski definition) is 1. The van der Waals surface area contributed by atoms with Crippen molar-refractivity contribution in [1.82, 2.24) is 10.2 Å². The van der Waals surface area contributed by atoms with Crippen LogP contribution in [0.3, 0.4) is 0 Å². The van der Waals surface area contributed by atoms with E-state index in [-0.39, 0.29) is 12.5 Å². The molecule has 0 aromatic heterocycles. The van der Waals surface area contributed by atoms with Gasteiger partial charge in [0.05, 0.1) is 18.8 Å². The summed E-state index contributed by atoms with van der Waals surface area (Å²) >= 11 is 0. The van der Waals surface area contributed by atoms with E-state index < -0.39 is 5.97 Å². The number of carbonyl (C=O) groups is 2. The Kier molecular flexibility index (Phi) is 7.03. The molecule has 1 aliphatic heterocycles. The minimum Gasteiger partial charge on any atom is -0.452 e. The number of nitrogens with zero attached hydrogens (tertiary/aromatic N) is 1. The molecule has 1 aromatic carbocycles. The summed E-state index contributed by atoms with van der Waals surface area (Å²) in [6, 6.07) is 7.32. The molecule has 1 N–H and O–H groups in total. The second-order valence-electron chi connectivity index (χ2n) is 5.51. The molecule has 23 heavy (non-hydrogen) atoms. The van der Waals surface area contributed by atoms with Crippen molar-refractivity contribution in [1.29, 1.82) is 0 Å². The Morgan fingerprint density at radius 2 is 1.91 bits per heavy atom. The highest BCUT2D eigenvalue weighted by atomic mass is 16.5. The average Bonchev–Trinajstić information content (AvgIpc) is 2.59. The Bertz CT molecular complexity index is 510. The van der Waals surface area contributed by atoms with Crippen LogP contribution >= 0.6 is 0 Å². The average molecular weight is 320 g/mol. The normalized spacial score (nSPS) is 15.2. The highest BCUT2D eigenvalue weighted by Crippen LogP contribution is 2.10. The highest BCUT2D eigenvalue weighted by molar-refractivity contribution is 5.91. The van der Waals surface area contributed by atoms with Crippen molar-refractivity contribution in [3.8, 4) is 0 Å². The first-order valence-corrected chi connectivity index (χ1v) is 8.02. The molecular weight excluding hydrogens is 296 g/mol. The summed E-state index contributed by atoms with van der Waals surface area (Å²) in [7, 11) is 0. The lowest BCUT2D eigenvalue weighted by molar-refractivity contribution is -0.124. The quantitative estimate of drug-likeness (QED) is 0.765. The summed E-state index contributed by atoms with van der Waals surface area (Å²) in [5.41, 5.74) is 1.60. The fourth-order valence-electron chi connectivity index (χ4n) is 2.29. The van der Waals surface area contributed by atoms with E-state index in [1.807, 2.05) is 19.1 Å². The molecule has 0 atom stereocenters. The molecule has 0 unspecified atom stereocenters. The van der Waals surface area contributed by atoms with Crippen LogP contribution in [-0.2, 0) is 20.8 Å². The van der Waals surface area contributed by atoms with Gasteiger partial charge in [-0.1, -0.05) is 19.1 Å². The number of hydrogen-bond acceptors (Lipinski definition) is 5. The largest absolute Gasteiger partial charge is 0.452 e. The number of morpholine rings is 1. The first kappa shape index (κ1) is 17.4. The van der Waals surface area contributed by atoms with Gasteiger partial charge in [0.2, 0.25) is 0 Å². The molecule has 6 nitrogen and oxygen atoms in total. The smallest absolute Gasteiger partial charge is 0.338 e. The lowest BCUT2D eigenvalue weighted by Crippen LogP contribution is -2.35. The molecule has 1 fully saturated rings. The van der Waals surface area contributed by atoms with E-state index in [1.54, 1.807) is 12.1 Å². The van der Waals surface area contributed by atoms with E-state index in [0.29, 0.717) is 12.1 Å². The van der Waals surface area contributed by atoms with Crippen LogP contribution in [0.15, 0.2) is 24.3 Å². The topological polar surface area (TPSA) is 67.9 Å². The fraction of sp³-hybridized carbons (Fsp3) is 0.529. The van der Waals surface area contributed by atoms with Gasteiger partial charge in [-0.3, -0.25) is 9.69 Å². The number of rotatable bonds is 7. The third-order valence-electron chi connectivity index (χ3n) is 3.61. The second kappa shape index (κ2) is 9.27. The minimum atomic E-state index is -0.477. The van der Waals surface area contributed by atoms with Crippen LogP contribution < -0.4 is 5.32 Å². The van der Waals surface area contributed by atoms with Crippen molar-refractivity contribution in [3.05, 3.63) is 35.4 Å². The number of amides is 1. The molecule has 2 rings (SSSR count). The van der Waals surface area contributed by atoms with Gasteiger partial charge in [0.25, 0.3) is 5.91 Å². The number of benzene rings is 1. The van der Waals surface area contributed by atoms with Gasteiger partial charge in [-0.05, 0) is 24.1 Å². The summed E-state index contributed by atoms with van der Waals surface area (Å²) < 4.78 is 10.3. The van der Waals surface area contributed by atoms with Gasteiger partial charge in [0.15, 0.2) is 6.61 Å². The molecule has 0 saturated carbocycles. The van der Waals surface area contributed by atoms with Gasteiger partial charge in [-0.25, -0.2) is 4.79 Å². The zero-order valence-corrected chi connectivity index (χ0v) is 13.5. The summed E-state index contributed by atoms with van der Waals surface area (Å²) in [5, 5.41) is 2.66. The molecule has 0 radical (unpaired) electrons. The lowest BCUT2D eigenvalue weighted by atomic mass is 10.1. The molecule has 0 spiro atoms. The highest BCUT2D eigenvalue weighted by Gasteiger charge is 2.12. The van der Waals surface area contributed by atoms with Crippen LogP contribution in [0, 0.1) is 0 Å². The maximum atomic E-state index is 11.9. The first-order valence-electron chi connectivity index (χ1n) is 8.02. The zero-order chi connectivity index (χ0) is 16.5. The molecule has 1 saturated heterocycles. The van der Waals surface area contributed by atoms with Crippen molar-refractivity contribution in [3.63, 3.8) is 0 Å². The van der Waals surface area contributed by atoms with E-state index in [9.17, 15) is 9.59 Å². The van der Waals surface area contributed by atoms with Gasteiger partial charge in [0, 0.05) is 26.2 Å². The van der Waals surface area contributed by atoms with E-state index >= 15 is 0 Å². The maximum absolute atomic E-state index is 11.9. The van der Waals surface area contributed by atoms with Crippen molar-refractivity contribution in [2.45, 2.75) is 19.9 Å². The van der Waals surface area contributed by atoms with Crippen LogP contribution in [0.2, 0.25) is 0 Å². The minimum absolute atomic E-state index is 0.242. The molecule has 0 bridgehead atoms. The molecular formula is C17H24N2O4. The van der Waals surface area contributed by atoms with Crippen LogP contribution in [0.5, 0.6) is 0 Å². The van der Waals surface area contributed by atoms with Crippen molar-refractivity contribution < 1.29 is 19.1 Å². The molecule has 1 heterocycles. The Balaban J connectivity index is 1.78. The maximum Gasteiger partial charge on any atom is 0.338 e. The first-order chi connectivity index (χ1) is 11.2. The van der Waals surface area contributed by atoms with Gasteiger partial charge in [0.1, 0.15) is 0 Å². The monoisotopic (exact) mass is 320 g/mol. The Morgan fingerprint density at radius 1 is 1.22 bits per heavy atom. The standard InChI is InChI=1S/C17H24N2O4/c1-2-7-18-16(20)13-23-17(21)15-5-3-14(4-6-15)12-19-8-10-22-11-9-19/h3-6H,2,7-13H2,1H3,(H,18,20). The third-order valence-corrected chi connectivity index (χ3v) is 3.61. The van der Waals surface area contributed by atoms with Crippen LogP contribution in [0.1, 0.15) is 29.3 Å². The summed E-state index contributed by atoms with van der Waals surface area (Å²) in [6.45, 7) is 6.55. The van der Waals surface area contributed by atoms with E-state index in [2.05, 4.69) is 10.2 Å². The van der Waals surface area contributed by atoms with E-state index in [1.165, 1.54) is 0 Å². The molecule has 6 heteroatoms. The Hall–Kier alpha value is -1.92. The van der Waals surface area contributed by atoms with E-state index in [4.69, 9.17) is 9.47 Å². The Morgan fingerprint density at radius 3 is 2.57 bits per heavy atom. The molecule has 1 aliphatic rings. The molecule has 1 aromatic rings. The number of ether oxygens (including phenoxy) is 2. The molecule has 126 valence electrons. The van der Waals surface area contributed by atoms with Crippen molar-refractivity contribution >= 4 is 11.9 Å². The fourth-order valence-corrected chi connectivity index (χ4v) is 2.29. The SMILES string of the molecule is CCCNC(=O)COC(=O)c1ccc(CN2CCOCC2)cc1. The lowest BCUT2D eigenvalue weighted by Gasteiger charge is -2.26. The third kappa shape index (κ3) is 6.00. The summed E-state index contributed by atoms with van der Waals surface area (Å²) in [5.74, 6) is -0.751. The van der Waals surface area contributed by atoms with E-state index in [0.717, 1.165) is 44.8 Å². The Labute approximate surface area is 136 Å². The van der Waals surface area contributed by atoms with Gasteiger partial charge in [-0.15, -0.1) is 0 Å². The number of carbonyl (C=O) groups excluding carboxylic acids is 2. The van der Waals surface area contributed by atoms with Gasteiger partial charge in [-0.2, -0.15) is 0 Å². The summed E-state index contributed by atoms with van der Waals surface area (Å²) in [6.07, 6.45) is 0.851. The van der Waals surface area contributed by atoms with Crippen molar-refractivity contribution in [2.24, 2.45) is 0 Å². The predicted molar refractivity (Wildman–Crippen MR) is 86.1 cm³/mol. The molecule has 1 amide bonds. The van der Waals surface area contributed by atoms with Crippen LogP contribution in [0.25, 0.3) is 0 Å². The van der Waals surface area contributed by atoms with Gasteiger partial charge < -0.3 is 14.8 Å². The zero-order valence-electron chi connectivity index (χ0n) is 13.5. The van der Waals surface area contributed by atoms with Crippen molar-refractivity contribution in [2.75, 3.05) is 39.5 Å². The molecule has 0 aliphatic carbocycles. The number of esters is 1. The van der Waals surface area contributed by atoms with Gasteiger partial charge >= 0.3 is 5.97 Å². The van der Waals surface area contributed by atoms with Crippen LogP contribution in [-0.4, -0.2) is 56.2 Å². The second-order valence-corrected chi connectivity index (χ2v) is 5.51. The van der Waals surface area contributed by atoms with Crippen LogP contribution in [0.4, 0.5) is 0 Å². The number of nitrogens with one attached hydrogen (secondary N) is 1. The summed E-state index contributed by atoms with van der Waals surface area (Å²) in [4.78, 5) is 25.6.